The number of halogens is 1. The number of imidazole rings is 1. The number of aliphatic hydroxyl groups excluding tert-OH is 1. The minimum absolute atomic E-state index is 0.0168. The summed E-state index contributed by atoms with van der Waals surface area (Å²) in [7, 11) is -0.741. The normalized spacial score (nSPS) is 20.4. The molecule has 3 aromatic rings. The third kappa shape index (κ3) is 9.52. The molecule has 0 aliphatic carbocycles. The zero-order valence-electron chi connectivity index (χ0n) is 27.9. The van der Waals surface area contributed by atoms with Gasteiger partial charge in [0.15, 0.2) is 5.03 Å². The van der Waals surface area contributed by atoms with Gasteiger partial charge in [0.25, 0.3) is 15.9 Å². The average Bonchev–Trinajstić information content (AvgIpc) is 3.50. The van der Waals surface area contributed by atoms with E-state index < -0.39 is 39.9 Å². The quantitative estimate of drug-likeness (QED) is 0.316. The van der Waals surface area contributed by atoms with Crippen molar-refractivity contribution in [3.05, 3.63) is 66.4 Å². The number of anilines is 2. The molecule has 0 bridgehead atoms. The monoisotopic (exact) mass is 688 g/mol. The number of aryl methyl sites for hydroxylation is 1. The van der Waals surface area contributed by atoms with Crippen molar-refractivity contribution in [2.24, 2.45) is 13.0 Å². The van der Waals surface area contributed by atoms with E-state index >= 15 is 0 Å². The van der Waals surface area contributed by atoms with E-state index in [1.807, 2.05) is 13.8 Å². The lowest BCUT2D eigenvalue weighted by atomic mass is 10.0. The Morgan fingerprint density at radius 2 is 1.83 bits per heavy atom. The van der Waals surface area contributed by atoms with Crippen LogP contribution in [0.2, 0.25) is 0 Å². The Balaban J connectivity index is 1.62. The number of nitrogens with one attached hydrogen (secondary N) is 2. The van der Waals surface area contributed by atoms with Gasteiger partial charge in [-0.1, -0.05) is 6.92 Å². The van der Waals surface area contributed by atoms with E-state index in [9.17, 15) is 27.5 Å². The first-order chi connectivity index (χ1) is 22.8. The Morgan fingerprint density at radius 1 is 1.15 bits per heavy atom. The topological polar surface area (TPSA) is 155 Å². The van der Waals surface area contributed by atoms with Gasteiger partial charge in [-0.3, -0.25) is 4.79 Å². The summed E-state index contributed by atoms with van der Waals surface area (Å²) in [6.07, 6.45) is 4.16. The molecule has 0 unspecified atom stereocenters. The van der Waals surface area contributed by atoms with E-state index in [-0.39, 0.29) is 42.3 Å². The van der Waals surface area contributed by atoms with E-state index in [1.165, 1.54) is 59.1 Å². The summed E-state index contributed by atoms with van der Waals surface area (Å²) in [6, 6.07) is 8.85. The number of hydrogen-bond donors (Lipinski definition) is 3. The molecule has 1 aliphatic rings. The number of ether oxygens (including phenoxy) is 2. The van der Waals surface area contributed by atoms with Gasteiger partial charge in [0.2, 0.25) is 0 Å². The second-order valence-electron chi connectivity index (χ2n) is 12.3. The van der Waals surface area contributed by atoms with Crippen molar-refractivity contribution in [2.75, 3.05) is 44.0 Å². The van der Waals surface area contributed by atoms with Gasteiger partial charge in [0.1, 0.15) is 11.6 Å². The number of carbonyl (C=O) groups is 2. The number of likely N-dealkylation sites (N-methyl/N-ethyl adjacent to an activating group) is 1. The molecule has 48 heavy (non-hydrogen) atoms. The molecule has 1 aromatic heterocycles. The van der Waals surface area contributed by atoms with Crippen LogP contribution in [0.3, 0.4) is 0 Å². The number of urea groups is 1. The number of rotatable bonds is 8. The van der Waals surface area contributed by atoms with E-state index in [2.05, 4.69) is 15.6 Å². The first-order valence-electron chi connectivity index (χ1n) is 15.9. The van der Waals surface area contributed by atoms with Crippen LogP contribution in [0.5, 0.6) is 5.75 Å². The van der Waals surface area contributed by atoms with Crippen LogP contribution in [0.4, 0.5) is 20.6 Å². The number of aromatic nitrogens is 2. The van der Waals surface area contributed by atoms with Crippen molar-refractivity contribution in [1.82, 2.24) is 18.8 Å². The highest BCUT2D eigenvalue weighted by Crippen LogP contribution is 2.29. The van der Waals surface area contributed by atoms with Gasteiger partial charge in [0.05, 0.1) is 36.7 Å². The van der Waals surface area contributed by atoms with Crippen molar-refractivity contribution >= 4 is 33.3 Å². The lowest BCUT2D eigenvalue weighted by molar-refractivity contribution is -0.00835. The fourth-order valence-corrected chi connectivity index (χ4v) is 6.47. The number of benzene rings is 2. The molecule has 1 aliphatic heterocycles. The SMILES string of the molecule is C[C@@H]1CCCCO[C@H](CN(C)S(=O)(=O)c2cn(C)cn2)[C@@H](C)CN([C@@H](C)CO)C(=O)c2cc(NC(=O)Nc3ccc(F)cc3)ccc2O1. The van der Waals surface area contributed by atoms with E-state index in [0.29, 0.717) is 36.6 Å². The summed E-state index contributed by atoms with van der Waals surface area (Å²) in [6.45, 7) is 5.68. The lowest BCUT2D eigenvalue weighted by Crippen LogP contribution is -2.48. The maximum atomic E-state index is 14.3. The van der Waals surface area contributed by atoms with Crippen LogP contribution in [-0.4, -0.2) is 95.8 Å². The van der Waals surface area contributed by atoms with Crippen LogP contribution in [0.15, 0.2) is 60.0 Å². The summed E-state index contributed by atoms with van der Waals surface area (Å²) in [4.78, 5) is 32.6. The maximum Gasteiger partial charge on any atom is 0.323 e. The van der Waals surface area contributed by atoms with Gasteiger partial charge in [-0.25, -0.2) is 22.6 Å². The predicted molar refractivity (Wildman–Crippen MR) is 179 cm³/mol. The zero-order chi connectivity index (χ0) is 35.0. The largest absolute Gasteiger partial charge is 0.490 e. The van der Waals surface area contributed by atoms with Crippen molar-refractivity contribution in [2.45, 2.75) is 63.3 Å². The summed E-state index contributed by atoms with van der Waals surface area (Å²) < 4.78 is 55.2. The number of aliphatic hydroxyl groups is 1. The van der Waals surface area contributed by atoms with Crippen LogP contribution >= 0.6 is 0 Å². The predicted octanol–water partition coefficient (Wildman–Crippen LogP) is 4.32. The van der Waals surface area contributed by atoms with Crippen molar-refractivity contribution in [3.63, 3.8) is 0 Å². The van der Waals surface area contributed by atoms with Gasteiger partial charge in [-0.15, -0.1) is 0 Å². The molecule has 2 heterocycles. The first kappa shape index (κ1) is 36.8. The smallest absolute Gasteiger partial charge is 0.323 e. The number of sulfonamides is 1. The summed E-state index contributed by atoms with van der Waals surface area (Å²) >= 11 is 0. The summed E-state index contributed by atoms with van der Waals surface area (Å²) in [5.74, 6) is -0.919. The van der Waals surface area contributed by atoms with Gasteiger partial charge in [-0.05, 0) is 75.6 Å². The highest BCUT2D eigenvalue weighted by Gasteiger charge is 2.33. The molecular formula is C33H45FN6O7S. The first-order valence-corrected chi connectivity index (χ1v) is 17.3. The van der Waals surface area contributed by atoms with Gasteiger partial charge in [0, 0.05) is 57.3 Å². The third-order valence-corrected chi connectivity index (χ3v) is 9.91. The lowest BCUT2D eigenvalue weighted by Gasteiger charge is -2.35. The van der Waals surface area contributed by atoms with Gasteiger partial charge >= 0.3 is 6.03 Å². The van der Waals surface area contributed by atoms with Gasteiger partial charge < -0.3 is 34.7 Å². The maximum absolute atomic E-state index is 14.3. The van der Waals surface area contributed by atoms with E-state index in [1.54, 1.807) is 30.7 Å². The third-order valence-electron chi connectivity index (χ3n) is 8.20. The van der Waals surface area contributed by atoms with Crippen LogP contribution in [-0.2, 0) is 21.8 Å². The molecule has 2 aromatic carbocycles. The Morgan fingerprint density at radius 3 is 2.50 bits per heavy atom. The van der Waals surface area contributed by atoms with Gasteiger partial charge in [-0.2, -0.15) is 4.31 Å². The standard InChI is InChI=1S/C33H45FN6O7S/c1-22-17-40(23(2)20-41)32(42)28-16-27(37-33(43)36-26-11-9-25(34)10-12-26)13-14-29(28)47-24(3)8-6-7-15-46-30(22)18-39(5)48(44,45)31-19-38(4)21-35-31/h9-14,16,19,21-24,30,41H,6-8,15,17-18,20H2,1-5H3,(H2,36,37,43)/t22-,23-,24+,30+/m0/s1. The molecule has 4 rings (SSSR count). The second-order valence-corrected chi connectivity index (χ2v) is 14.3. The summed E-state index contributed by atoms with van der Waals surface area (Å²) in [5, 5.41) is 15.4. The molecule has 0 fully saturated rings. The molecule has 13 nitrogen and oxygen atoms in total. The fraction of sp³-hybridized carbons (Fsp3) is 0.485. The summed E-state index contributed by atoms with van der Waals surface area (Å²) in [5.41, 5.74) is 0.872. The Kier molecular flexibility index (Phi) is 12.5. The molecule has 0 saturated carbocycles. The minimum Gasteiger partial charge on any atom is -0.490 e. The molecule has 262 valence electrons. The number of carbonyl (C=O) groups excluding carboxylic acids is 2. The Hall–Kier alpha value is -4.05. The van der Waals surface area contributed by atoms with Crippen LogP contribution in [0.1, 0.15) is 50.4 Å². The van der Waals surface area contributed by atoms with Crippen LogP contribution in [0, 0.1) is 11.7 Å². The fourth-order valence-electron chi connectivity index (χ4n) is 5.32. The molecule has 0 spiro atoms. The zero-order valence-corrected chi connectivity index (χ0v) is 28.7. The highest BCUT2D eigenvalue weighted by molar-refractivity contribution is 7.89. The number of hydrogen-bond acceptors (Lipinski definition) is 8. The highest BCUT2D eigenvalue weighted by atomic mass is 32.2. The van der Waals surface area contributed by atoms with Crippen molar-refractivity contribution < 1.29 is 37.0 Å². The minimum atomic E-state index is -3.90. The Labute approximate surface area is 281 Å². The van der Waals surface area contributed by atoms with E-state index in [0.717, 1.165) is 6.42 Å². The van der Waals surface area contributed by atoms with Crippen molar-refractivity contribution in [3.8, 4) is 5.75 Å². The molecule has 0 radical (unpaired) electrons. The van der Waals surface area contributed by atoms with Crippen LogP contribution < -0.4 is 15.4 Å². The Bertz CT molecular complexity index is 1650. The number of nitrogens with zero attached hydrogens (tertiary/aromatic N) is 4. The molecule has 0 saturated heterocycles. The molecule has 15 heteroatoms. The average molecular weight is 689 g/mol. The molecular weight excluding hydrogens is 643 g/mol. The number of amides is 3. The van der Waals surface area contributed by atoms with E-state index in [4.69, 9.17) is 9.47 Å². The number of fused-ring (bicyclic) bond motifs is 1. The second kappa shape index (κ2) is 16.4. The molecule has 4 atom stereocenters. The van der Waals surface area contributed by atoms with Crippen LogP contribution in [0.25, 0.3) is 0 Å². The molecule has 3 amide bonds. The molecule has 3 N–H and O–H groups in total. The van der Waals surface area contributed by atoms with Crippen molar-refractivity contribution in [1.29, 1.82) is 0 Å².